The first-order chi connectivity index (χ1) is 12.0. The summed E-state index contributed by atoms with van der Waals surface area (Å²) in [6.45, 7) is 0. The van der Waals surface area contributed by atoms with Gasteiger partial charge in [-0.2, -0.15) is 5.10 Å². The van der Waals surface area contributed by atoms with Gasteiger partial charge in [0.05, 0.1) is 23.5 Å². The molecule has 2 aromatic carbocycles. The Balaban J connectivity index is 1.86. The van der Waals surface area contributed by atoms with Gasteiger partial charge >= 0.3 is 0 Å². The van der Waals surface area contributed by atoms with Gasteiger partial charge in [0.15, 0.2) is 0 Å². The van der Waals surface area contributed by atoms with Crippen LogP contribution in [0.1, 0.15) is 12.0 Å². The van der Waals surface area contributed by atoms with Gasteiger partial charge in [-0.15, -0.1) is 0 Å². The minimum absolute atomic E-state index is 0.106. The van der Waals surface area contributed by atoms with E-state index in [4.69, 9.17) is 4.74 Å². The van der Waals surface area contributed by atoms with Gasteiger partial charge < -0.3 is 15.2 Å². The molecular formula is C17H16BrN3O4. The number of anilines is 1. The maximum Gasteiger partial charge on any atom is 0.249 e. The van der Waals surface area contributed by atoms with Crippen LogP contribution in [-0.2, 0) is 9.59 Å². The minimum Gasteiger partial charge on any atom is -0.507 e. The average Bonchev–Trinajstić information content (AvgIpc) is 2.58. The number of ether oxygens (including phenoxy) is 1. The van der Waals surface area contributed by atoms with Crippen LogP contribution in [0.15, 0.2) is 52.0 Å². The number of phenolic OH excluding ortho intramolecular Hbond substituents is 1. The third-order valence-electron chi connectivity index (χ3n) is 3.08. The lowest BCUT2D eigenvalue weighted by Gasteiger charge is -2.09. The minimum atomic E-state index is -0.554. The maximum absolute atomic E-state index is 11.9. The zero-order valence-electron chi connectivity index (χ0n) is 13.3. The Morgan fingerprint density at radius 3 is 2.72 bits per heavy atom. The highest BCUT2D eigenvalue weighted by Crippen LogP contribution is 2.24. The van der Waals surface area contributed by atoms with Crippen molar-refractivity contribution in [3.63, 3.8) is 0 Å². The average molecular weight is 406 g/mol. The number of amides is 2. The molecule has 0 saturated heterocycles. The van der Waals surface area contributed by atoms with Gasteiger partial charge in [-0.05, 0) is 51.8 Å². The van der Waals surface area contributed by atoms with E-state index in [1.807, 2.05) is 0 Å². The number of hydrogen-bond acceptors (Lipinski definition) is 5. The lowest BCUT2D eigenvalue weighted by atomic mass is 10.2. The van der Waals surface area contributed by atoms with Crippen molar-refractivity contribution in [3.8, 4) is 11.5 Å². The van der Waals surface area contributed by atoms with Gasteiger partial charge in [0.25, 0.3) is 0 Å². The van der Waals surface area contributed by atoms with E-state index in [-0.39, 0.29) is 12.2 Å². The van der Waals surface area contributed by atoms with Gasteiger partial charge in [-0.1, -0.05) is 12.1 Å². The van der Waals surface area contributed by atoms with Gasteiger partial charge in [-0.25, -0.2) is 5.43 Å². The molecule has 0 atom stereocenters. The van der Waals surface area contributed by atoms with Gasteiger partial charge in [0, 0.05) is 0 Å². The van der Waals surface area contributed by atoms with Gasteiger partial charge in [-0.3, -0.25) is 9.59 Å². The SMILES string of the molecule is COc1ccccc1NC(=O)CC(=O)N/N=C/c1ccc(O)c(Br)c1. The van der Waals surface area contributed by atoms with Crippen LogP contribution in [0.3, 0.4) is 0 Å². The highest BCUT2D eigenvalue weighted by Gasteiger charge is 2.11. The zero-order chi connectivity index (χ0) is 18.2. The summed E-state index contributed by atoms with van der Waals surface area (Å²) in [4.78, 5) is 23.6. The van der Waals surface area contributed by atoms with Crippen LogP contribution in [0.4, 0.5) is 5.69 Å². The summed E-state index contributed by atoms with van der Waals surface area (Å²) in [5, 5.41) is 15.8. The predicted molar refractivity (Wildman–Crippen MR) is 97.8 cm³/mol. The molecule has 0 radical (unpaired) electrons. The molecule has 0 spiro atoms. The van der Waals surface area contributed by atoms with Crippen molar-refractivity contribution >= 4 is 39.6 Å². The molecule has 2 amide bonds. The van der Waals surface area contributed by atoms with Crippen LogP contribution in [-0.4, -0.2) is 30.2 Å². The second-order valence-corrected chi connectivity index (χ2v) is 5.78. The van der Waals surface area contributed by atoms with E-state index in [9.17, 15) is 14.7 Å². The Labute approximate surface area is 152 Å². The monoisotopic (exact) mass is 405 g/mol. The highest BCUT2D eigenvalue weighted by molar-refractivity contribution is 9.10. The number of nitrogens with one attached hydrogen (secondary N) is 2. The molecule has 0 bridgehead atoms. The number of halogens is 1. The number of phenols is 1. The van der Waals surface area contributed by atoms with Crippen molar-refractivity contribution in [1.29, 1.82) is 0 Å². The lowest BCUT2D eigenvalue weighted by Crippen LogP contribution is -2.24. The summed E-state index contributed by atoms with van der Waals surface area (Å²) >= 11 is 3.18. The van der Waals surface area contributed by atoms with Gasteiger partial charge in [0.1, 0.15) is 17.9 Å². The van der Waals surface area contributed by atoms with Crippen molar-refractivity contribution in [2.75, 3.05) is 12.4 Å². The Morgan fingerprint density at radius 2 is 2.00 bits per heavy atom. The Hall–Kier alpha value is -2.87. The Morgan fingerprint density at radius 1 is 1.24 bits per heavy atom. The van der Waals surface area contributed by atoms with Crippen molar-refractivity contribution in [2.24, 2.45) is 5.10 Å². The number of methoxy groups -OCH3 is 1. The molecule has 0 saturated carbocycles. The van der Waals surface area contributed by atoms with Crippen LogP contribution >= 0.6 is 15.9 Å². The van der Waals surface area contributed by atoms with E-state index in [2.05, 4.69) is 31.8 Å². The normalized spacial score (nSPS) is 10.5. The van der Waals surface area contributed by atoms with Crippen LogP contribution in [0.2, 0.25) is 0 Å². The quantitative estimate of drug-likeness (QED) is 0.390. The first-order valence-electron chi connectivity index (χ1n) is 7.23. The number of aromatic hydroxyl groups is 1. The summed E-state index contributed by atoms with van der Waals surface area (Å²) in [6, 6.07) is 11.7. The number of nitrogens with zero attached hydrogens (tertiary/aromatic N) is 1. The smallest absolute Gasteiger partial charge is 0.249 e. The summed E-state index contributed by atoms with van der Waals surface area (Å²) in [6.07, 6.45) is 1.02. The fourth-order valence-corrected chi connectivity index (χ4v) is 2.31. The molecule has 0 aliphatic heterocycles. The number of carbonyl (C=O) groups is 2. The van der Waals surface area contributed by atoms with Crippen LogP contribution in [0.25, 0.3) is 0 Å². The summed E-state index contributed by atoms with van der Waals surface area (Å²) < 4.78 is 5.64. The number of carbonyl (C=O) groups excluding carboxylic acids is 2. The van der Waals surface area contributed by atoms with Crippen molar-refractivity contribution in [2.45, 2.75) is 6.42 Å². The maximum atomic E-state index is 11.9. The van der Waals surface area contributed by atoms with Gasteiger partial charge in [0.2, 0.25) is 11.8 Å². The van der Waals surface area contributed by atoms with E-state index >= 15 is 0 Å². The number of para-hydroxylation sites is 2. The summed E-state index contributed by atoms with van der Waals surface area (Å²) in [5.74, 6) is -0.424. The molecule has 8 heteroatoms. The Kier molecular flexibility index (Phi) is 6.53. The molecule has 130 valence electrons. The molecule has 0 aromatic heterocycles. The summed E-state index contributed by atoms with van der Waals surface area (Å²) in [7, 11) is 1.49. The van der Waals surface area contributed by atoms with E-state index in [1.54, 1.807) is 36.4 Å². The van der Waals surface area contributed by atoms with E-state index in [0.717, 1.165) is 0 Å². The molecule has 0 heterocycles. The molecule has 3 N–H and O–H groups in total. The largest absolute Gasteiger partial charge is 0.507 e. The molecule has 0 fully saturated rings. The molecule has 25 heavy (non-hydrogen) atoms. The van der Waals surface area contributed by atoms with Crippen molar-refractivity contribution in [1.82, 2.24) is 5.43 Å². The second-order valence-electron chi connectivity index (χ2n) is 4.93. The highest BCUT2D eigenvalue weighted by atomic mass is 79.9. The molecular weight excluding hydrogens is 390 g/mol. The molecule has 2 rings (SSSR count). The fraction of sp³-hybridized carbons (Fsp3) is 0.118. The van der Waals surface area contributed by atoms with E-state index in [0.29, 0.717) is 21.5 Å². The number of hydrazone groups is 1. The molecule has 0 unspecified atom stereocenters. The third kappa shape index (κ3) is 5.61. The van der Waals surface area contributed by atoms with Crippen LogP contribution in [0.5, 0.6) is 11.5 Å². The van der Waals surface area contributed by atoms with Crippen molar-refractivity contribution < 1.29 is 19.4 Å². The fourth-order valence-electron chi connectivity index (χ4n) is 1.91. The number of rotatable bonds is 6. The topological polar surface area (TPSA) is 100 Å². The molecule has 2 aromatic rings. The van der Waals surface area contributed by atoms with Crippen LogP contribution < -0.4 is 15.5 Å². The van der Waals surface area contributed by atoms with Crippen LogP contribution in [0, 0.1) is 0 Å². The lowest BCUT2D eigenvalue weighted by molar-refractivity contribution is -0.126. The zero-order valence-corrected chi connectivity index (χ0v) is 14.9. The standard InChI is InChI=1S/C17H16BrN3O4/c1-25-15-5-3-2-4-13(15)20-16(23)9-17(24)21-19-10-11-6-7-14(22)12(18)8-11/h2-8,10,22H,9H2,1H3,(H,20,23)(H,21,24)/b19-10+. The molecule has 0 aliphatic rings. The third-order valence-corrected chi connectivity index (χ3v) is 3.71. The first-order valence-corrected chi connectivity index (χ1v) is 8.02. The summed E-state index contributed by atoms with van der Waals surface area (Å²) in [5.41, 5.74) is 3.43. The van der Waals surface area contributed by atoms with E-state index < -0.39 is 11.8 Å². The number of hydrogen-bond donors (Lipinski definition) is 3. The predicted octanol–water partition coefficient (Wildman–Crippen LogP) is 2.64. The van der Waals surface area contributed by atoms with E-state index in [1.165, 1.54) is 19.4 Å². The first kappa shape index (κ1) is 18.5. The molecule has 7 nitrogen and oxygen atoms in total. The van der Waals surface area contributed by atoms with Crippen molar-refractivity contribution in [3.05, 3.63) is 52.5 Å². The number of benzene rings is 2. The Bertz CT molecular complexity index is 808. The molecule has 0 aliphatic carbocycles. The second kappa shape index (κ2) is 8.84.